The molecular formula is C40H50FN7O4. The van der Waals surface area contributed by atoms with Crippen LogP contribution in [0.2, 0.25) is 0 Å². The highest BCUT2D eigenvalue weighted by atomic mass is 19.1. The number of ether oxygens (including phenoxy) is 3. The quantitative estimate of drug-likeness (QED) is 0.165. The van der Waals surface area contributed by atoms with Gasteiger partial charge in [-0.3, -0.25) is 9.69 Å². The number of halogens is 1. The van der Waals surface area contributed by atoms with Crippen LogP contribution in [0.5, 0.6) is 5.88 Å². The molecule has 0 bridgehead atoms. The van der Waals surface area contributed by atoms with Gasteiger partial charge in [0.2, 0.25) is 5.88 Å². The van der Waals surface area contributed by atoms with Crippen LogP contribution in [0.1, 0.15) is 92.3 Å². The molecule has 4 aromatic rings. The van der Waals surface area contributed by atoms with Crippen LogP contribution in [0.4, 0.5) is 4.39 Å². The fourth-order valence-corrected chi connectivity index (χ4v) is 6.69. The molecule has 52 heavy (non-hydrogen) atoms. The Balaban J connectivity index is 1.11. The normalized spacial score (nSPS) is 18.4. The van der Waals surface area contributed by atoms with E-state index in [1.54, 1.807) is 18.2 Å². The molecule has 2 aromatic heterocycles. The topological polar surface area (TPSA) is 141 Å². The standard InChI is InChI=1S/C40H50FN7O4/c1-39(2,43)25-50-26-40(3,4)46-38(49)29-12-13-34-35(20-29)48(22-31-15-18-51-31)36(44-34)23-47-16-6-7-28(14-17-47)33-8-5-9-37(45-33)52-24-30-11-10-27(21-42)19-32(30)41/h5,8-13,19-20,28,31H,6-7,14-18,22-26,43H2,1-4H3,(H,46,49). The predicted octanol–water partition coefficient (Wildman–Crippen LogP) is 5.84. The lowest BCUT2D eigenvalue weighted by molar-refractivity contribution is -0.0592. The smallest absolute Gasteiger partial charge is 0.251 e. The van der Waals surface area contributed by atoms with Crippen LogP contribution in [0.25, 0.3) is 11.0 Å². The van der Waals surface area contributed by atoms with E-state index in [1.807, 2.05) is 64.1 Å². The van der Waals surface area contributed by atoms with Gasteiger partial charge in [0.15, 0.2) is 0 Å². The third-order valence-electron chi connectivity index (χ3n) is 9.56. The predicted molar refractivity (Wildman–Crippen MR) is 196 cm³/mol. The molecule has 3 N–H and O–H groups in total. The average molecular weight is 712 g/mol. The highest BCUT2D eigenvalue weighted by molar-refractivity contribution is 5.97. The molecule has 2 atom stereocenters. The zero-order valence-electron chi connectivity index (χ0n) is 30.7. The summed E-state index contributed by atoms with van der Waals surface area (Å²) in [5.41, 5.74) is 9.00. The molecule has 0 spiro atoms. The molecule has 12 heteroatoms. The number of nitrogens with two attached hydrogens (primary N) is 1. The summed E-state index contributed by atoms with van der Waals surface area (Å²) in [5, 5.41) is 12.1. The molecule has 2 aliphatic rings. The Labute approximate surface area is 305 Å². The van der Waals surface area contributed by atoms with Gasteiger partial charge in [-0.1, -0.05) is 12.1 Å². The first kappa shape index (κ1) is 37.4. The van der Waals surface area contributed by atoms with Crippen LogP contribution in [0.3, 0.4) is 0 Å². The van der Waals surface area contributed by atoms with Gasteiger partial charge in [0, 0.05) is 41.0 Å². The maximum Gasteiger partial charge on any atom is 0.251 e. The van der Waals surface area contributed by atoms with Gasteiger partial charge in [-0.2, -0.15) is 5.26 Å². The zero-order valence-corrected chi connectivity index (χ0v) is 30.7. The Morgan fingerprint density at radius 1 is 1.08 bits per heavy atom. The number of benzene rings is 2. The summed E-state index contributed by atoms with van der Waals surface area (Å²) in [5.74, 6) is 1.05. The number of aromatic nitrogens is 3. The Morgan fingerprint density at radius 3 is 2.63 bits per heavy atom. The third kappa shape index (κ3) is 9.72. The number of pyridine rings is 1. The lowest BCUT2D eigenvalue weighted by Gasteiger charge is -2.29. The summed E-state index contributed by atoms with van der Waals surface area (Å²) in [6.07, 6.45) is 4.05. The van der Waals surface area contributed by atoms with Crippen molar-refractivity contribution in [1.29, 1.82) is 5.26 Å². The number of nitrogens with zero attached hydrogens (tertiary/aromatic N) is 5. The number of likely N-dealkylation sites (tertiary alicyclic amines) is 1. The molecule has 0 saturated carbocycles. The average Bonchev–Trinajstić information content (AvgIpc) is 3.23. The first-order valence-electron chi connectivity index (χ1n) is 18.2. The number of rotatable bonds is 14. The number of carbonyl (C=O) groups is 1. The fraction of sp³-hybridized carbons (Fsp3) is 0.500. The fourth-order valence-electron chi connectivity index (χ4n) is 6.69. The van der Waals surface area contributed by atoms with Gasteiger partial charge in [0.1, 0.15) is 18.2 Å². The van der Waals surface area contributed by atoms with Crippen molar-refractivity contribution in [2.24, 2.45) is 5.73 Å². The van der Waals surface area contributed by atoms with E-state index in [-0.39, 0.29) is 30.1 Å². The zero-order chi connectivity index (χ0) is 36.9. The van der Waals surface area contributed by atoms with E-state index < -0.39 is 16.9 Å². The maximum absolute atomic E-state index is 14.4. The van der Waals surface area contributed by atoms with Gasteiger partial charge in [0.05, 0.1) is 60.6 Å². The second kappa shape index (κ2) is 16.1. The van der Waals surface area contributed by atoms with E-state index in [9.17, 15) is 9.18 Å². The molecule has 276 valence electrons. The molecule has 0 aliphatic carbocycles. The van der Waals surface area contributed by atoms with E-state index in [4.69, 9.17) is 35.2 Å². The van der Waals surface area contributed by atoms with E-state index in [0.717, 1.165) is 67.9 Å². The Bertz CT molecular complexity index is 1910. The molecule has 4 heterocycles. The minimum atomic E-state index is -0.581. The largest absolute Gasteiger partial charge is 0.473 e. The van der Waals surface area contributed by atoms with Crippen molar-refractivity contribution in [3.8, 4) is 11.9 Å². The number of amides is 1. The van der Waals surface area contributed by atoms with Gasteiger partial charge in [-0.15, -0.1) is 0 Å². The molecule has 2 saturated heterocycles. The van der Waals surface area contributed by atoms with Gasteiger partial charge < -0.3 is 29.8 Å². The molecule has 1 amide bonds. The van der Waals surface area contributed by atoms with E-state index >= 15 is 0 Å². The maximum atomic E-state index is 14.4. The van der Waals surface area contributed by atoms with Crippen molar-refractivity contribution in [1.82, 2.24) is 24.8 Å². The number of imidazole rings is 1. The van der Waals surface area contributed by atoms with Crippen molar-refractivity contribution < 1.29 is 23.4 Å². The van der Waals surface area contributed by atoms with Gasteiger partial charge >= 0.3 is 0 Å². The summed E-state index contributed by atoms with van der Waals surface area (Å²) in [4.78, 5) is 25.8. The summed E-state index contributed by atoms with van der Waals surface area (Å²) < 4.78 is 34.1. The van der Waals surface area contributed by atoms with Crippen LogP contribution in [0.15, 0.2) is 54.6 Å². The number of fused-ring (bicyclic) bond motifs is 1. The van der Waals surface area contributed by atoms with Crippen molar-refractivity contribution in [3.63, 3.8) is 0 Å². The molecule has 2 fully saturated rings. The van der Waals surface area contributed by atoms with Crippen LogP contribution in [-0.2, 0) is 29.2 Å². The second-order valence-corrected chi connectivity index (χ2v) is 15.5. The van der Waals surface area contributed by atoms with Gasteiger partial charge in [0.25, 0.3) is 5.91 Å². The summed E-state index contributed by atoms with van der Waals surface area (Å²) in [7, 11) is 0. The number of nitrogens with one attached hydrogen (secondary N) is 1. The Morgan fingerprint density at radius 2 is 1.90 bits per heavy atom. The number of nitriles is 1. The molecular weight excluding hydrogens is 661 g/mol. The lowest BCUT2D eigenvalue weighted by atomic mass is 9.96. The highest BCUT2D eigenvalue weighted by Crippen LogP contribution is 2.30. The minimum Gasteiger partial charge on any atom is -0.473 e. The number of carbonyl (C=O) groups excluding carboxylic acids is 1. The van der Waals surface area contributed by atoms with Crippen molar-refractivity contribution in [3.05, 3.63) is 88.6 Å². The minimum absolute atomic E-state index is 0.0340. The van der Waals surface area contributed by atoms with Crippen LogP contribution in [0, 0.1) is 17.1 Å². The first-order chi connectivity index (χ1) is 24.9. The van der Waals surface area contributed by atoms with Crippen LogP contribution in [-0.4, -0.2) is 75.4 Å². The molecule has 0 radical (unpaired) electrons. The number of hydrogen-bond donors (Lipinski definition) is 2. The molecule has 2 aromatic carbocycles. The highest BCUT2D eigenvalue weighted by Gasteiger charge is 2.27. The van der Waals surface area contributed by atoms with Crippen LogP contribution < -0.4 is 15.8 Å². The molecule has 6 rings (SSSR count). The SMILES string of the molecule is CC(C)(N)COCC(C)(C)NC(=O)c1ccc2nc(CN3CCCC(c4cccc(OCc5ccc(C#N)cc5F)n4)CC3)n(CC3CCO3)c2c1. The summed E-state index contributed by atoms with van der Waals surface area (Å²) >= 11 is 0. The van der Waals surface area contributed by atoms with E-state index in [0.29, 0.717) is 43.3 Å². The third-order valence-corrected chi connectivity index (χ3v) is 9.56. The molecule has 2 unspecified atom stereocenters. The monoisotopic (exact) mass is 711 g/mol. The molecule has 11 nitrogen and oxygen atoms in total. The van der Waals surface area contributed by atoms with Gasteiger partial charge in [-0.05, 0) is 103 Å². The van der Waals surface area contributed by atoms with Crippen LogP contribution >= 0.6 is 0 Å². The van der Waals surface area contributed by atoms with Crippen molar-refractivity contribution in [2.75, 3.05) is 32.9 Å². The Hall–Kier alpha value is -4.41. The van der Waals surface area contributed by atoms with Crippen molar-refractivity contribution >= 4 is 16.9 Å². The lowest BCUT2D eigenvalue weighted by Crippen LogP contribution is -2.48. The number of hydrogen-bond acceptors (Lipinski definition) is 9. The van der Waals surface area contributed by atoms with Crippen molar-refractivity contribution in [2.45, 2.75) is 96.2 Å². The molecule has 2 aliphatic heterocycles. The van der Waals surface area contributed by atoms with E-state index in [2.05, 4.69) is 14.8 Å². The van der Waals surface area contributed by atoms with Gasteiger partial charge in [-0.25, -0.2) is 14.4 Å². The summed E-state index contributed by atoms with van der Waals surface area (Å²) in [6.45, 7) is 12.4. The van der Waals surface area contributed by atoms with E-state index in [1.165, 1.54) is 6.07 Å². The second-order valence-electron chi connectivity index (χ2n) is 15.5. The Kier molecular flexibility index (Phi) is 11.6. The first-order valence-corrected chi connectivity index (χ1v) is 18.2. The summed E-state index contributed by atoms with van der Waals surface area (Å²) in [6, 6.07) is 17.8.